The van der Waals surface area contributed by atoms with Gasteiger partial charge in [0.1, 0.15) is 0 Å². The van der Waals surface area contributed by atoms with E-state index in [0.29, 0.717) is 0 Å². The van der Waals surface area contributed by atoms with Crippen molar-refractivity contribution in [1.82, 2.24) is 0 Å². The average molecular weight is 1120 g/mol. The first-order chi connectivity index (χ1) is 42.5. The maximum Gasteiger partial charge on any atom is 0.0468 e. The number of benzene rings is 13. The first-order valence-corrected chi connectivity index (χ1v) is 30.1. The van der Waals surface area contributed by atoms with E-state index in [4.69, 9.17) is 0 Å². The van der Waals surface area contributed by atoms with Crippen molar-refractivity contribution in [2.75, 3.05) is 14.7 Å². The molecule has 0 saturated carbocycles. The molecule has 13 aromatic rings. The highest BCUT2D eigenvalue weighted by molar-refractivity contribution is 6.27. The Morgan fingerprint density at radius 2 is 0.310 bits per heavy atom. The Morgan fingerprint density at radius 3 is 0.506 bits per heavy atom. The van der Waals surface area contributed by atoms with Crippen LogP contribution in [0.5, 0.6) is 0 Å². The van der Waals surface area contributed by atoms with Gasteiger partial charge in [-0.3, -0.25) is 0 Å². The maximum absolute atomic E-state index is 2.41. The molecule has 3 heteroatoms. The third kappa shape index (κ3) is 12.3. The third-order valence-corrected chi connectivity index (χ3v) is 16.6. The van der Waals surface area contributed by atoms with E-state index in [1.807, 2.05) is 0 Å². The van der Waals surface area contributed by atoms with Gasteiger partial charge in [0.05, 0.1) is 0 Å². The summed E-state index contributed by atoms with van der Waals surface area (Å²) >= 11 is 0. The molecule has 3 nitrogen and oxygen atoms in total. The summed E-state index contributed by atoms with van der Waals surface area (Å²) in [5.41, 5.74) is 24.1. The van der Waals surface area contributed by atoms with Gasteiger partial charge in [-0.25, -0.2) is 0 Å². The standard InChI is InChI=1S/C84H69N3/c1-58-7-19-64(20-8-58)25-28-67-31-43-73(44-32-67)85(70-37-13-61(4)14-38-70)76-49-52-79-82(55-76)80-53-50-77(86(71-39-15-62(5)16-40-71)74-45-33-68(34-46-74)29-26-65-21-9-59(2)10-22-65)57-84(80)81-54-51-78(56-83(79)81)87(72-41-17-63(6)18-42-72)75-47-35-69(36-48-75)30-27-66-23-11-60(3)12-24-66/h7-57H,1-6H3/b28-25+,29-26+,30-27+. The lowest BCUT2D eigenvalue weighted by atomic mass is 9.92. The van der Waals surface area contributed by atoms with Crippen LogP contribution in [0.1, 0.15) is 66.8 Å². The van der Waals surface area contributed by atoms with Crippen LogP contribution in [0, 0.1) is 41.5 Å². The van der Waals surface area contributed by atoms with Crippen molar-refractivity contribution in [1.29, 1.82) is 0 Å². The maximum atomic E-state index is 2.41. The lowest BCUT2D eigenvalue weighted by molar-refractivity contribution is 1.28. The second-order valence-corrected chi connectivity index (χ2v) is 23.2. The first kappa shape index (κ1) is 55.4. The van der Waals surface area contributed by atoms with Crippen molar-refractivity contribution in [2.24, 2.45) is 0 Å². The molecule has 0 radical (unpaired) electrons. The fourth-order valence-corrected chi connectivity index (χ4v) is 11.6. The smallest absolute Gasteiger partial charge is 0.0468 e. The van der Waals surface area contributed by atoms with Crippen LogP contribution >= 0.6 is 0 Å². The van der Waals surface area contributed by atoms with Gasteiger partial charge in [0.25, 0.3) is 0 Å². The van der Waals surface area contributed by atoms with E-state index in [-0.39, 0.29) is 0 Å². The highest BCUT2D eigenvalue weighted by Gasteiger charge is 2.21. The van der Waals surface area contributed by atoms with Crippen LogP contribution in [-0.2, 0) is 0 Å². The predicted molar refractivity (Wildman–Crippen MR) is 378 cm³/mol. The lowest BCUT2D eigenvalue weighted by Gasteiger charge is -2.28. The van der Waals surface area contributed by atoms with Crippen LogP contribution in [0.25, 0.3) is 68.8 Å². The number of rotatable bonds is 15. The van der Waals surface area contributed by atoms with Crippen molar-refractivity contribution in [3.05, 3.63) is 340 Å². The Balaban J connectivity index is 0.976. The molecular formula is C84H69N3. The van der Waals surface area contributed by atoms with Gasteiger partial charge in [-0.2, -0.15) is 0 Å². The molecule has 0 heterocycles. The molecule has 0 unspecified atom stereocenters. The highest BCUT2D eigenvalue weighted by atomic mass is 15.2. The van der Waals surface area contributed by atoms with E-state index < -0.39 is 0 Å². The normalized spacial score (nSPS) is 11.7. The summed E-state index contributed by atoms with van der Waals surface area (Å²) in [4.78, 5) is 7.18. The first-order valence-electron chi connectivity index (χ1n) is 30.1. The minimum Gasteiger partial charge on any atom is -0.310 e. The van der Waals surface area contributed by atoms with Crippen molar-refractivity contribution < 1.29 is 0 Å². The van der Waals surface area contributed by atoms with E-state index in [2.05, 4.69) is 366 Å². The fourth-order valence-electron chi connectivity index (χ4n) is 11.6. The summed E-state index contributed by atoms with van der Waals surface area (Å²) in [6.07, 6.45) is 13.1. The number of hydrogen-bond acceptors (Lipinski definition) is 3. The number of hydrogen-bond donors (Lipinski definition) is 0. The lowest BCUT2D eigenvalue weighted by Crippen LogP contribution is -2.11. The molecule has 13 aromatic carbocycles. The van der Waals surface area contributed by atoms with Gasteiger partial charge in [-0.15, -0.1) is 0 Å². The number of fused-ring (bicyclic) bond motifs is 6. The largest absolute Gasteiger partial charge is 0.310 e. The van der Waals surface area contributed by atoms with E-state index >= 15 is 0 Å². The van der Waals surface area contributed by atoms with Gasteiger partial charge < -0.3 is 14.7 Å². The molecule has 0 fully saturated rings. The molecule has 0 aliphatic carbocycles. The molecule has 0 spiro atoms. The molecule has 0 amide bonds. The summed E-state index contributed by atoms with van der Waals surface area (Å²) in [6, 6.07) is 101. The summed E-state index contributed by atoms with van der Waals surface area (Å²) in [6.45, 7) is 12.8. The molecule has 0 N–H and O–H groups in total. The van der Waals surface area contributed by atoms with Crippen molar-refractivity contribution in [3.63, 3.8) is 0 Å². The second kappa shape index (κ2) is 24.5. The van der Waals surface area contributed by atoms with E-state index in [0.717, 1.165) is 67.9 Å². The Kier molecular flexibility index (Phi) is 15.6. The van der Waals surface area contributed by atoms with Gasteiger partial charge in [0, 0.05) is 51.2 Å². The Hall–Kier alpha value is -10.7. The second-order valence-electron chi connectivity index (χ2n) is 23.2. The van der Waals surface area contributed by atoms with Crippen molar-refractivity contribution in [2.45, 2.75) is 41.5 Å². The van der Waals surface area contributed by atoms with Crippen LogP contribution < -0.4 is 14.7 Å². The quantitative estimate of drug-likeness (QED) is 0.0748. The molecule has 420 valence electrons. The molecule has 0 aliphatic rings. The Labute approximate surface area is 513 Å². The van der Waals surface area contributed by atoms with E-state index in [9.17, 15) is 0 Å². The van der Waals surface area contributed by atoms with Crippen molar-refractivity contribution >= 4 is 120 Å². The van der Waals surface area contributed by atoms with Crippen LogP contribution in [-0.4, -0.2) is 0 Å². The minimum absolute atomic E-state index is 1.07. The molecule has 0 saturated heterocycles. The van der Waals surface area contributed by atoms with Crippen LogP contribution in [0.2, 0.25) is 0 Å². The highest BCUT2D eigenvalue weighted by Crippen LogP contribution is 2.46. The SMILES string of the molecule is Cc1ccc(/C=C/c2ccc(N(c3ccc(C)cc3)c3ccc4c(c3)c3ccc(N(c5ccc(C)cc5)c5ccc(/C=C/c6ccc(C)cc6)cc5)cc3c3ccc(N(c5ccc(C)cc5)c5ccc(/C=C/c6ccc(C)cc6)cc5)cc43)cc2)cc1. The minimum atomic E-state index is 1.07. The monoisotopic (exact) mass is 1120 g/mol. The molecule has 0 aliphatic heterocycles. The Morgan fingerprint density at radius 1 is 0.161 bits per heavy atom. The summed E-state index contributed by atoms with van der Waals surface area (Å²) in [7, 11) is 0. The van der Waals surface area contributed by atoms with E-state index in [1.165, 1.54) is 82.4 Å². The predicted octanol–water partition coefficient (Wildman–Crippen LogP) is 23.9. The molecule has 13 rings (SSSR count). The summed E-state index contributed by atoms with van der Waals surface area (Å²) < 4.78 is 0. The van der Waals surface area contributed by atoms with Gasteiger partial charge in [-0.05, 0) is 216 Å². The number of nitrogens with zero attached hydrogens (tertiary/aromatic N) is 3. The van der Waals surface area contributed by atoms with Gasteiger partial charge in [-0.1, -0.05) is 234 Å². The third-order valence-electron chi connectivity index (χ3n) is 16.6. The van der Waals surface area contributed by atoms with E-state index in [1.54, 1.807) is 0 Å². The molecule has 0 bridgehead atoms. The van der Waals surface area contributed by atoms with Crippen molar-refractivity contribution in [3.8, 4) is 0 Å². The Bertz CT molecular complexity index is 4140. The zero-order valence-corrected chi connectivity index (χ0v) is 50.3. The van der Waals surface area contributed by atoms with Crippen LogP contribution in [0.3, 0.4) is 0 Å². The zero-order chi connectivity index (χ0) is 59.4. The van der Waals surface area contributed by atoms with Crippen LogP contribution in [0.15, 0.2) is 273 Å². The topological polar surface area (TPSA) is 9.72 Å². The summed E-state index contributed by atoms with van der Waals surface area (Å²) in [5, 5.41) is 7.06. The fraction of sp³-hybridized carbons (Fsp3) is 0.0714. The number of aryl methyl sites for hydroxylation is 6. The average Bonchev–Trinajstić information content (AvgIpc) is 1.01. The van der Waals surface area contributed by atoms with Gasteiger partial charge >= 0.3 is 0 Å². The molecule has 0 aromatic heterocycles. The molecule has 0 atom stereocenters. The van der Waals surface area contributed by atoms with Crippen LogP contribution in [0.4, 0.5) is 51.2 Å². The number of anilines is 9. The molecular weight excluding hydrogens is 1050 g/mol. The van der Waals surface area contributed by atoms with Gasteiger partial charge in [0.15, 0.2) is 0 Å². The summed E-state index contributed by atoms with van der Waals surface area (Å²) in [5.74, 6) is 0. The van der Waals surface area contributed by atoms with Gasteiger partial charge in [0.2, 0.25) is 0 Å². The zero-order valence-electron chi connectivity index (χ0n) is 50.3. The molecule has 87 heavy (non-hydrogen) atoms.